The lowest BCUT2D eigenvalue weighted by atomic mass is 10.2. The Kier molecular flexibility index (Phi) is 5.22. The molecule has 2 aliphatic rings. The standard InChI is InChI=1S/C20H14S6/c1-3-13(22-9-1)15-5-7-17(24-15)19-11-21-12-20(26-19)18-8-6-16(25-18)14-4-2-10-23-14/h1-5,7-12,16H,6H2. The van der Waals surface area contributed by atoms with Gasteiger partial charge in [0.2, 0.25) is 0 Å². The lowest BCUT2D eigenvalue weighted by Crippen LogP contribution is -1.85. The minimum absolute atomic E-state index is 0.595. The van der Waals surface area contributed by atoms with E-state index < -0.39 is 0 Å². The normalized spacial score (nSPS) is 20.0. The van der Waals surface area contributed by atoms with Gasteiger partial charge in [0.15, 0.2) is 0 Å². The molecule has 0 saturated heterocycles. The van der Waals surface area contributed by atoms with Crippen molar-refractivity contribution < 1.29 is 0 Å². The predicted molar refractivity (Wildman–Crippen MR) is 126 cm³/mol. The van der Waals surface area contributed by atoms with Crippen LogP contribution in [-0.4, -0.2) is 0 Å². The summed E-state index contributed by atoms with van der Waals surface area (Å²) in [6.07, 6.45) is 3.56. The van der Waals surface area contributed by atoms with Crippen molar-refractivity contribution in [2.24, 2.45) is 0 Å². The van der Waals surface area contributed by atoms with Crippen LogP contribution in [-0.2, 0) is 0 Å². The Morgan fingerprint density at radius 3 is 2.46 bits per heavy atom. The number of allylic oxidation sites excluding steroid dienone is 1. The van der Waals surface area contributed by atoms with Gasteiger partial charge in [0.25, 0.3) is 0 Å². The molecule has 26 heavy (non-hydrogen) atoms. The maximum atomic E-state index is 2.42. The largest absolute Gasteiger partial charge is 0.148 e. The van der Waals surface area contributed by atoms with Crippen molar-refractivity contribution in [3.63, 3.8) is 0 Å². The van der Waals surface area contributed by atoms with Crippen molar-refractivity contribution >= 4 is 74.2 Å². The van der Waals surface area contributed by atoms with E-state index in [9.17, 15) is 0 Å². The highest BCUT2D eigenvalue weighted by Crippen LogP contribution is 2.54. The monoisotopic (exact) mass is 446 g/mol. The third-order valence-electron chi connectivity index (χ3n) is 4.07. The summed E-state index contributed by atoms with van der Waals surface area (Å²) in [6, 6.07) is 13.3. The minimum Gasteiger partial charge on any atom is -0.148 e. The number of thiophene rings is 3. The third kappa shape index (κ3) is 3.55. The van der Waals surface area contributed by atoms with Crippen molar-refractivity contribution in [1.82, 2.24) is 0 Å². The summed E-state index contributed by atoms with van der Waals surface area (Å²) in [6.45, 7) is 0. The van der Waals surface area contributed by atoms with Gasteiger partial charge in [-0.2, -0.15) is 0 Å². The molecule has 0 bridgehead atoms. The fraction of sp³-hybridized carbons (Fsp3) is 0.100. The van der Waals surface area contributed by atoms with Crippen LogP contribution in [0.25, 0.3) is 14.7 Å². The predicted octanol–water partition coefficient (Wildman–Crippen LogP) is 8.92. The second-order valence-corrected chi connectivity index (χ2v) is 11.9. The van der Waals surface area contributed by atoms with Crippen LogP contribution < -0.4 is 0 Å². The van der Waals surface area contributed by atoms with E-state index in [1.54, 1.807) is 0 Å². The van der Waals surface area contributed by atoms with Crippen molar-refractivity contribution in [2.45, 2.75) is 11.7 Å². The zero-order valence-corrected chi connectivity index (χ0v) is 18.5. The van der Waals surface area contributed by atoms with Crippen molar-refractivity contribution in [3.8, 4) is 9.75 Å². The highest BCUT2D eigenvalue weighted by Gasteiger charge is 2.25. The van der Waals surface area contributed by atoms with Crippen LogP contribution in [0.2, 0.25) is 0 Å². The Balaban J connectivity index is 1.30. The molecular formula is C20H14S6. The molecule has 0 amide bonds. The summed E-state index contributed by atoms with van der Waals surface area (Å²) in [5.41, 5.74) is 0. The quantitative estimate of drug-likeness (QED) is 0.392. The van der Waals surface area contributed by atoms with Crippen LogP contribution in [0.4, 0.5) is 0 Å². The summed E-state index contributed by atoms with van der Waals surface area (Å²) >= 11 is 11.3. The van der Waals surface area contributed by atoms with E-state index in [0.717, 1.165) is 6.42 Å². The van der Waals surface area contributed by atoms with Crippen molar-refractivity contribution in [3.05, 3.63) is 83.6 Å². The molecule has 0 saturated carbocycles. The summed E-state index contributed by atoms with van der Waals surface area (Å²) in [5, 5.41) is 9.51. The smallest absolute Gasteiger partial charge is 0.0473 e. The van der Waals surface area contributed by atoms with Gasteiger partial charge in [0.1, 0.15) is 0 Å². The molecule has 6 heteroatoms. The van der Waals surface area contributed by atoms with E-state index in [-0.39, 0.29) is 0 Å². The first-order valence-corrected chi connectivity index (χ1v) is 13.4. The minimum atomic E-state index is 0.595. The van der Waals surface area contributed by atoms with Gasteiger partial charge >= 0.3 is 0 Å². The van der Waals surface area contributed by atoms with Gasteiger partial charge < -0.3 is 0 Å². The zero-order valence-electron chi connectivity index (χ0n) is 13.6. The van der Waals surface area contributed by atoms with Gasteiger partial charge in [-0.05, 0) is 52.3 Å². The Morgan fingerprint density at radius 2 is 1.62 bits per heavy atom. The number of hydrogen-bond donors (Lipinski definition) is 0. The van der Waals surface area contributed by atoms with Crippen molar-refractivity contribution in [1.29, 1.82) is 0 Å². The zero-order chi connectivity index (χ0) is 17.3. The first kappa shape index (κ1) is 17.5. The van der Waals surface area contributed by atoms with Gasteiger partial charge in [0, 0.05) is 39.5 Å². The molecule has 3 aromatic heterocycles. The van der Waals surface area contributed by atoms with E-state index in [4.69, 9.17) is 0 Å². The van der Waals surface area contributed by atoms with Gasteiger partial charge in [-0.3, -0.25) is 0 Å². The van der Waals surface area contributed by atoms with E-state index >= 15 is 0 Å². The molecule has 0 N–H and O–H groups in total. The maximum Gasteiger partial charge on any atom is 0.0473 e. The fourth-order valence-corrected chi connectivity index (χ4v) is 9.22. The van der Waals surface area contributed by atoms with E-state index in [1.165, 1.54) is 34.2 Å². The number of thioether (sulfide) groups is 3. The Hall–Kier alpha value is -0.630. The summed E-state index contributed by atoms with van der Waals surface area (Å²) in [5.74, 6) is 0. The van der Waals surface area contributed by atoms with Crippen molar-refractivity contribution in [2.75, 3.05) is 0 Å². The SMILES string of the molecule is C1=C(C2=CCC(c3cccs3)S2)SC(c2ccc(-c3cccs3)s2)=CS1. The summed E-state index contributed by atoms with van der Waals surface area (Å²) in [4.78, 5) is 9.81. The molecule has 0 radical (unpaired) electrons. The molecule has 0 aliphatic carbocycles. The van der Waals surface area contributed by atoms with Crippen LogP contribution >= 0.6 is 69.3 Å². The second kappa shape index (κ2) is 7.78. The second-order valence-electron chi connectivity index (χ2n) is 5.77. The maximum absolute atomic E-state index is 2.42. The molecule has 2 aliphatic heterocycles. The Bertz CT molecular complexity index is 985. The van der Waals surface area contributed by atoms with E-state index in [1.807, 2.05) is 69.3 Å². The molecule has 5 heterocycles. The van der Waals surface area contributed by atoms with Crippen LogP contribution in [0.15, 0.2) is 73.9 Å². The Morgan fingerprint density at radius 1 is 0.769 bits per heavy atom. The number of rotatable bonds is 4. The fourth-order valence-electron chi connectivity index (χ4n) is 2.83. The first-order valence-electron chi connectivity index (χ1n) is 8.15. The molecule has 130 valence electrons. The number of hydrogen-bond acceptors (Lipinski definition) is 6. The highest BCUT2D eigenvalue weighted by molar-refractivity contribution is 8.18. The molecule has 1 atom stereocenters. The van der Waals surface area contributed by atoms with Gasteiger partial charge in [-0.15, -0.1) is 57.5 Å². The first-order chi connectivity index (χ1) is 12.9. The van der Waals surface area contributed by atoms with Crippen LogP contribution in [0.1, 0.15) is 21.4 Å². The van der Waals surface area contributed by atoms with Crippen LogP contribution in [0.3, 0.4) is 0 Å². The molecule has 0 aromatic carbocycles. The molecule has 1 unspecified atom stereocenters. The molecule has 0 nitrogen and oxygen atoms in total. The average Bonchev–Trinajstić information content (AvgIpc) is 3.49. The summed E-state index contributed by atoms with van der Waals surface area (Å²) < 4.78 is 0. The summed E-state index contributed by atoms with van der Waals surface area (Å²) in [7, 11) is 0. The van der Waals surface area contributed by atoms with E-state index in [0.29, 0.717) is 5.25 Å². The molecule has 0 fully saturated rings. The molecule has 0 spiro atoms. The van der Waals surface area contributed by atoms with E-state index in [2.05, 4.69) is 64.1 Å². The Labute approximate surface area is 178 Å². The average molecular weight is 447 g/mol. The van der Waals surface area contributed by atoms with Gasteiger partial charge in [0.05, 0.1) is 0 Å². The van der Waals surface area contributed by atoms with Gasteiger partial charge in [-0.1, -0.05) is 30.0 Å². The highest BCUT2D eigenvalue weighted by atomic mass is 32.2. The van der Waals surface area contributed by atoms with Crippen LogP contribution in [0, 0.1) is 0 Å². The lowest BCUT2D eigenvalue weighted by molar-refractivity contribution is 1.02. The molecule has 3 aromatic rings. The molecular weight excluding hydrogens is 433 g/mol. The molecule has 5 rings (SSSR count). The van der Waals surface area contributed by atoms with Gasteiger partial charge in [-0.25, -0.2) is 0 Å². The third-order valence-corrected chi connectivity index (χ3v) is 11.2. The lowest BCUT2D eigenvalue weighted by Gasteiger charge is -2.15. The van der Waals surface area contributed by atoms with Crippen LogP contribution in [0.5, 0.6) is 0 Å². The topological polar surface area (TPSA) is 0 Å².